The van der Waals surface area contributed by atoms with Gasteiger partial charge in [-0.2, -0.15) is 5.10 Å². The largest absolute Gasteiger partial charge is 0.478 e. The van der Waals surface area contributed by atoms with E-state index in [1.54, 1.807) is 30.3 Å². The number of halogens is 2. The number of carboxylic acids is 1. The Bertz CT molecular complexity index is 807. The highest BCUT2D eigenvalue weighted by Gasteiger charge is 2.16. The Morgan fingerprint density at radius 2 is 1.85 bits per heavy atom. The molecule has 100 valence electrons. The molecule has 0 fully saturated rings. The van der Waals surface area contributed by atoms with Crippen LogP contribution in [0.1, 0.15) is 10.4 Å². The summed E-state index contributed by atoms with van der Waals surface area (Å²) in [6, 6.07) is 9.97. The summed E-state index contributed by atoms with van der Waals surface area (Å²) in [4.78, 5) is 11.3. The van der Waals surface area contributed by atoms with E-state index in [1.807, 2.05) is 0 Å². The smallest absolute Gasteiger partial charge is 0.336 e. The second kappa shape index (κ2) is 4.81. The van der Waals surface area contributed by atoms with Crippen LogP contribution in [0, 0.1) is 0 Å². The van der Waals surface area contributed by atoms with Crippen LogP contribution in [-0.2, 0) is 0 Å². The first-order chi connectivity index (χ1) is 9.56. The van der Waals surface area contributed by atoms with Crippen LogP contribution in [-0.4, -0.2) is 21.3 Å². The van der Waals surface area contributed by atoms with Crippen molar-refractivity contribution in [1.29, 1.82) is 0 Å². The number of carbonyl (C=O) groups is 1. The maximum atomic E-state index is 11.3. The normalized spacial score (nSPS) is 10.9. The third-order valence-corrected chi connectivity index (χ3v) is 3.39. The van der Waals surface area contributed by atoms with E-state index < -0.39 is 5.97 Å². The molecule has 3 rings (SSSR count). The Balaban J connectivity index is 2.34. The molecule has 2 aromatic carbocycles. The minimum Gasteiger partial charge on any atom is -0.478 e. The SMILES string of the molecule is O=C(O)c1cccc2[nH]nc(-c3cc(Cl)cc(Cl)c3)c12. The molecular weight excluding hydrogens is 299 g/mol. The van der Waals surface area contributed by atoms with Gasteiger partial charge in [0.15, 0.2) is 0 Å². The Morgan fingerprint density at radius 1 is 1.15 bits per heavy atom. The van der Waals surface area contributed by atoms with Gasteiger partial charge >= 0.3 is 5.97 Å². The van der Waals surface area contributed by atoms with Crippen LogP contribution in [0.3, 0.4) is 0 Å². The maximum Gasteiger partial charge on any atom is 0.336 e. The zero-order valence-electron chi connectivity index (χ0n) is 10.0. The number of fused-ring (bicyclic) bond motifs is 1. The van der Waals surface area contributed by atoms with Gasteiger partial charge in [-0.25, -0.2) is 4.79 Å². The molecule has 0 saturated carbocycles. The number of H-pyrrole nitrogens is 1. The molecule has 0 bridgehead atoms. The molecule has 0 aliphatic carbocycles. The summed E-state index contributed by atoms with van der Waals surface area (Å²) >= 11 is 12.0. The molecule has 0 aliphatic rings. The number of benzene rings is 2. The van der Waals surface area contributed by atoms with Crippen molar-refractivity contribution in [2.75, 3.05) is 0 Å². The lowest BCUT2D eigenvalue weighted by Gasteiger charge is -2.03. The number of nitrogens with zero attached hydrogens (tertiary/aromatic N) is 1. The van der Waals surface area contributed by atoms with Crippen LogP contribution in [0.15, 0.2) is 36.4 Å². The third-order valence-electron chi connectivity index (χ3n) is 2.96. The number of rotatable bonds is 2. The number of aromatic amines is 1. The molecule has 1 aromatic heterocycles. The van der Waals surface area contributed by atoms with Gasteiger partial charge in [0.2, 0.25) is 0 Å². The molecule has 0 radical (unpaired) electrons. The van der Waals surface area contributed by atoms with Gasteiger partial charge in [-0.3, -0.25) is 5.10 Å². The number of nitrogens with one attached hydrogen (secondary N) is 1. The molecule has 6 heteroatoms. The number of aromatic nitrogens is 2. The molecular formula is C14H8Cl2N2O2. The molecule has 1 heterocycles. The van der Waals surface area contributed by atoms with E-state index in [2.05, 4.69) is 10.2 Å². The van der Waals surface area contributed by atoms with Crippen molar-refractivity contribution < 1.29 is 9.90 Å². The minimum atomic E-state index is -1.01. The predicted octanol–water partition coefficient (Wildman–Crippen LogP) is 4.23. The van der Waals surface area contributed by atoms with Gasteiger partial charge in [-0.1, -0.05) is 29.3 Å². The van der Waals surface area contributed by atoms with Gasteiger partial charge in [0.25, 0.3) is 0 Å². The summed E-state index contributed by atoms with van der Waals surface area (Å²) in [5, 5.41) is 17.8. The van der Waals surface area contributed by atoms with Crippen LogP contribution in [0.5, 0.6) is 0 Å². The Kier molecular flexibility index (Phi) is 3.12. The number of carboxylic acid groups (broad SMARTS) is 1. The van der Waals surface area contributed by atoms with Crippen LogP contribution < -0.4 is 0 Å². The molecule has 0 spiro atoms. The Labute approximate surface area is 123 Å². The minimum absolute atomic E-state index is 0.183. The van der Waals surface area contributed by atoms with E-state index in [4.69, 9.17) is 23.2 Å². The molecule has 0 amide bonds. The highest BCUT2D eigenvalue weighted by molar-refractivity contribution is 6.35. The second-order valence-corrected chi connectivity index (χ2v) is 5.14. The summed E-state index contributed by atoms with van der Waals surface area (Å²) in [6.07, 6.45) is 0. The highest BCUT2D eigenvalue weighted by Crippen LogP contribution is 2.32. The second-order valence-electron chi connectivity index (χ2n) is 4.26. The van der Waals surface area contributed by atoms with Gasteiger partial charge < -0.3 is 5.11 Å². The lowest BCUT2D eigenvalue weighted by molar-refractivity contribution is 0.0699. The van der Waals surface area contributed by atoms with Crippen molar-refractivity contribution in [1.82, 2.24) is 10.2 Å². The predicted molar refractivity (Wildman–Crippen MR) is 78.5 cm³/mol. The van der Waals surface area contributed by atoms with E-state index in [0.29, 0.717) is 32.2 Å². The van der Waals surface area contributed by atoms with Crippen LogP contribution in [0.25, 0.3) is 22.2 Å². The first-order valence-corrected chi connectivity index (χ1v) is 6.48. The zero-order chi connectivity index (χ0) is 14.3. The molecule has 2 N–H and O–H groups in total. The van der Waals surface area contributed by atoms with E-state index in [9.17, 15) is 9.90 Å². The number of hydrogen-bond acceptors (Lipinski definition) is 2. The van der Waals surface area contributed by atoms with E-state index in [0.717, 1.165) is 0 Å². The fourth-order valence-electron chi connectivity index (χ4n) is 2.15. The van der Waals surface area contributed by atoms with Crippen molar-refractivity contribution in [2.24, 2.45) is 0 Å². The zero-order valence-corrected chi connectivity index (χ0v) is 11.5. The molecule has 0 atom stereocenters. The quantitative estimate of drug-likeness (QED) is 0.744. The average molecular weight is 307 g/mol. The van der Waals surface area contributed by atoms with Crippen LogP contribution >= 0.6 is 23.2 Å². The van der Waals surface area contributed by atoms with Crippen molar-refractivity contribution in [3.63, 3.8) is 0 Å². The van der Waals surface area contributed by atoms with Crippen molar-refractivity contribution in [3.05, 3.63) is 52.0 Å². The molecule has 20 heavy (non-hydrogen) atoms. The summed E-state index contributed by atoms with van der Waals surface area (Å²) in [5.74, 6) is -1.01. The van der Waals surface area contributed by atoms with E-state index in [1.165, 1.54) is 6.07 Å². The van der Waals surface area contributed by atoms with E-state index in [-0.39, 0.29) is 5.56 Å². The standard InChI is InChI=1S/C14H8Cl2N2O2/c15-8-4-7(5-9(16)6-8)13-12-10(14(19)20)2-1-3-11(12)17-18-13/h1-6H,(H,17,18)(H,19,20). The Hall–Kier alpha value is -2.04. The summed E-state index contributed by atoms with van der Waals surface area (Å²) in [7, 11) is 0. The highest BCUT2D eigenvalue weighted by atomic mass is 35.5. The lowest BCUT2D eigenvalue weighted by atomic mass is 10.0. The lowest BCUT2D eigenvalue weighted by Crippen LogP contribution is -1.97. The van der Waals surface area contributed by atoms with Crippen molar-refractivity contribution in [2.45, 2.75) is 0 Å². The summed E-state index contributed by atoms with van der Waals surface area (Å²) in [6.45, 7) is 0. The molecule has 3 aromatic rings. The fourth-order valence-corrected chi connectivity index (χ4v) is 2.68. The van der Waals surface area contributed by atoms with Gasteiger partial charge in [-0.05, 0) is 30.3 Å². The van der Waals surface area contributed by atoms with Gasteiger partial charge in [-0.15, -0.1) is 0 Å². The van der Waals surface area contributed by atoms with Gasteiger partial charge in [0.1, 0.15) is 5.69 Å². The first kappa shape index (κ1) is 13.0. The van der Waals surface area contributed by atoms with Crippen molar-refractivity contribution in [3.8, 4) is 11.3 Å². The topological polar surface area (TPSA) is 66.0 Å². The summed E-state index contributed by atoms with van der Waals surface area (Å²) < 4.78 is 0. The number of aromatic carboxylic acids is 1. The first-order valence-electron chi connectivity index (χ1n) is 5.73. The average Bonchev–Trinajstić information content (AvgIpc) is 2.80. The molecule has 0 unspecified atom stereocenters. The maximum absolute atomic E-state index is 11.3. The number of hydrogen-bond donors (Lipinski definition) is 2. The monoisotopic (exact) mass is 306 g/mol. The third kappa shape index (κ3) is 2.13. The summed E-state index contributed by atoms with van der Waals surface area (Å²) in [5.41, 5.74) is 2.02. The molecule has 4 nitrogen and oxygen atoms in total. The van der Waals surface area contributed by atoms with Crippen molar-refractivity contribution >= 4 is 40.1 Å². The molecule has 0 aliphatic heterocycles. The fraction of sp³-hybridized carbons (Fsp3) is 0. The Morgan fingerprint density at radius 3 is 2.50 bits per heavy atom. The van der Waals surface area contributed by atoms with E-state index >= 15 is 0 Å². The molecule has 0 saturated heterocycles. The van der Waals surface area contributed by atoms with Crippen LogP contribution in [0.2, 0.25) is 10.0 Å². The van der Waals surface area contributed by atoms with Crippen LogP contribution in [0.4, 0.5) is 0 Å². The van der Waals surface area contributed by atoms with Gasteiger partial charge in [0, 0.05) is 21.0 Å². The van der Waals surface area contributed by atoms with Gasteiger partial charge in [0.05, 0.1) is 11.1 Å².